The van der Waals surface area contributed by atoms with Crippen molar-refractivity contribution in [3.05, 3.63) is 11.8 Å². The van der Waals surface area contributed by atoms with E-state index in [1.165, 1.54) is 0 Å². The molecule has 0 aliphatic heterocycles. The highest BCUT2D eigenvalue weighted by Gasteiger charge is 1.90. The van der Waals surface area contributed by atoms with Crippen molar-refractivity contribution in [3.8, 4) is 0 Å². The summed E-state index contributed by atoms with van der Waals surface area (Å²) in [5.74, 6) is 0. The highest BCUT2D eigenvalue weighted by molar-refractivity contribution is 6.47. The maximum absolute atomic E-state index is 4.93. The molecule has 41 valence electrons. The summed E-state index contributed by atoms with van der Waals surface area (Å²) in [6.45, 7) is 5.56. The van der Waals surface area contributed by atoms with E-state index in [1.54, 1.807) is 0 Å². The summed E-state index contributed by atoms with van der Waals surface area (Å²) in [4.78, 5) is 0. The summed E-state index contributed by atoms with van der Waals surface area (Å²) in [5, 5.41) is 1.03. The Kier molecular flexibility index (Phi) is 5.66. The van der Waals surface area contributed by atoms with E-state index >= 15 is 0 Å². The smallest absolute Gasteiger partial charge is 0.409 e. The second-order valence-corrected chi connectivity index (χ2v) is 4.03. The molecule has 0 N–H and O–H groups in total. The lowest BCUT2D eigenvalue weighted by molar-refractivity contribution is 0.506. The van der Waals surface area contributed by atoms with E-state index in [0.29, 0.717) is 9.76 Å². The van der Waals surface area contributed by atoms with E-state index in [9.17, 15) is 0 Å². The molecule has 0 unspecified atom stereocenters. The van der Waals surface area contributed by atoms with Gasteiger partial charge in [0.1, 0.15) is 0 Å². The van der Waals surface area contributed by atoms with E-state index in [-0.39, 0.29) is 10.0 Å². The van der Waals surface area contributed by atoms with Crippen molar-refractivity contribution in [3.63, 3.8) is 0 Å². The fraction of sp³-hybridized carbons (Fsp3) is 0.333. The quantitative estimate of drug-likeness (QED) is 0.415. The van der Waals surface area contributed by atoms with Gasteiger partial charge in [0.2, 0.25) is 10.5 Å². The maximum atomic E-state index is 4.93. The Labute approximate surface area is 57.8 Å². The van der Waals surface area contributed by atoms with Crippen molar-refractivity contribution in [1.29, 1.82) is 0 Å². The first-order valence-electron chi connectivity index (χ1n) is 1.92. The second kappa shape index (κ2) is 5.45. The molecule has 0 rings (SSSR count). The van der Waals surface area contributed by atoms with Gasteiger partial charge in [-0.3, -0.25) is 0 Å². The standard InChI is InChI=1S/C3H5O2Si3/c1-3(2)7-5-8-4-6/h1H2,2H3. The van der Waals surface area contributed by atoms with Crippen molar-refractivity contribution < 1.29 is 8.23 Å². The van der Waals surface area contributed by atoms with Crippen LogP contribution in [0.15, 0.2) is 11.8 Å². The van der Waals surface area contributed by atoms with Gasteiger partial charge in [0.15, 0.2) is 0 Å². The van der Waals surface area contributed by atoms with Gasteiger partial charge in [-0.05, 0) is 6.92 Å². The van der Waals surface area contributed by atoms with Crippen LogP contribution in [0.2, 0.25) is 0 Å². The van der Waals surface area contributed by atoms with E-state index in [4.69, 9.17) is 4.12 Å². The molecule has 0 aromatic rings. The zero-order valence-corrected chi connectivity index (χ0v) is 7.52. The van der Waals surface area contributed by atoms with Gasteiger partial charge in [-0.1, -0.05) is 5.20 Å². The summed E-state index contributed by atoms with van der Waals surface area (Å²) in [6.07, 6.45) is 0. The molecule has 0 aliphatic carbocycles. The molecule has 0 amide bonds. The predicted octanol–water partition coefficient (Wildman–Crippen LogP) is -0.210. The fourth-order valence-corrected chi connectivity index (χ4v) is 1.53. The van der Waals surface area contributed by atoms with Gasteiger partial charge in [-0.25, -0.2) is 0 Å². The molecular weight excluding hydrogens is 152 g/mol. The van der Waals surface area contributed by atoms with Crippen LogP contribution >= 0.6 is 0 Å². The molecule has 5 heteroatoms. The van der Waals surface area contributed by atoms with E-state index in [1.807, 2.05) is 6.92 Å². The van der Waals surface area contributed by atoms with Crippen LogP contribution in [-0.2, 0) is 8.23 Å². The monoisotopic (exact) mass is 157 g/mol. The Morgan fingerprint density at radius 2 is 2.38 bits per heavy atom. The van der Waals surface area contributed by atoms with Crippen molar-refractivity contribution in [2.24, 2.45) is 0 Å². The molecule has 0 aromatic heterocycles. The van der Waals surface area contributed by atoms with Gasteiger partial charge in [0.05, 0.1) is 0 Å². The summed E-state index contributed by atoms with van der Waals surface area (Å²) in [6, 6.07) is 0. The minimum Gasteiger partial charge on any atom is -0.435 e. The maximum Gasteiger partial charge on any atom is 0.409 e. The zero-order chi connectivity index (χ0) is 6.41. The summed E-state index contributed by atoms with van der Waals surface area (Å²) >= 11 is 0. The average Bonchev–Trinajstić information content (AvgIpc) is 1.66. The van der Waals surface area contributed by atoms with Gasteiger partial charge in [0, 0.05) is 0 Å². The number of rotatable bonds is 4. The number of hydrogen-bond acceptors (Lipinski definition) is 2. The van der Waals surface area contributed by atoms with Crippen LogP contribution in [0.5, 0.6) is 0 Å². The molecule has 0 bridgehead atoms. The molecule has 0 atom stereocenters. The first-order chi connectivity index (χ1) is 3.77. The van der Waals surface area contributed by atoms with Crippen molar-refractivity contribution in [2.75, 3.05) is 0 Å². The van der Waals surface area contributed by atoms with Gasteiger partial charge in [0.25, 0.3) is 9.76 Å². The normalized spacial score (nSPS) is 9.25. The molecule has 7 radical (unpaired) electrons. The molecule has 0 aromatic carbocycles. The first-order valence-corrected chi connectivity index (χ1v) is 4.05. The molecule has 8 heavy (non-hydrogen) atoms. The number of hydrogen-bond donors (Lipinski definition) is 0. The van der Waals surface area contributed by atoms with Gasteiger partial charge in [-0.2, -0.15) is 0 Å². The van der Waals surface area contributed by atoms with E-state index < -0.39 is 0 Å². The molecule has 0 heterocycles. The van der Waals surface area contributed by atoms with Crippen molar-refractivity contribution >= 4 is 30.3 Å². The predicted molar refractivity (Wildman–Crippen MR) is 34.2 cm³/mol. The lowest BCUT2D eigenvalue weighted by Crippen LogP contribution is -2.06. The highest BCUT2D eigenvalue weighted by atomic mass is 28.3. The largest absolute Gasteiger partial charge is 0.435 e. The summed E-state index contributed by atoms with van der Waals surface area (Å²) in [7, 11) is 3.23. The zero-order valence-electron chi connectivity index (χ0n) is 4.52. The van der Waals surface area contributed by atoms with Crippen LogP contribution in [0.1, 0.15) is 6.92 Å². The fourth-order valence-electron chi connectivity index (χ4n) is 0.129. The van der Waals surface area contributed by atoms with Crippen LogP contribution in [0.25, 0.3) is 0 Å². The molecule has 0 spiro atoms. The van der Waals surface area contributed by atoms with Crippen LogP contribution < -0.4 is 0 Å². The lowest BCUT2D eigenvalue weighted by atomic mass is 10.8. The van der Waals surface area contributed by atoms with Gasteiger partial charge < -0.3 is 8.23 Å². The van der Waals surface area contributed by atoms with Gasteiger partial charge >= 0.3 is 10.0 Å². The van der Waals surface area contributed by atoms with Crippen molar-refractivity contribution in [1.82, 2.24) is 0 Å². The number of allylic oxidation sites excluding steroid dienone is 1. The molecule has 0 fully saturated rings. The van der Waals surface area contributed by atoms with Crippen LogP contribution in [0.4, 0.5) is 0 Å². The first kappa shape index (κ1) is 8.31. The topological polar surface area (TPSA) is 18.5 Å². The molecule has 2 nitrogen and oxygen atoms in total. The highest BCUT2D eigenvalue weighted by Crippen LogP contribution is 1.81. The average molecular weight is 157 g/mol. The summed E-state index contributed by atoms with van der Waals surface area (Å²) in [5.41, 5.74) is 0. The molecule has 0 saturated carbocycles. The third kappa shape index (κ3) is 6.31. The van der Waals surface area contributed by atoms with E-state index in [2.05, 4.69) is 21.2 Å². The molecule has 0 aliphatic rings. The Morgan fingerprint density at radius 3 is 2.75 bits per heavy atom. The van der Waals surface area contributed by atoms with Crippen molar-refractivity contribution in [2.45, 2.75) is 6.92 Å². The molecular formula is C3H5O2Si3. The van der Waals surface area contributed by atoms with E-state index in [0.717, 1.165) is 5.20 Å². The Hall–Kier alpha value is 0.311. The molecule has 0 saturated heterocycles. The Balaban J connectivity index is 2.82. The van der Waals surface area contributed by atoms with Gasteiger partial charge in [-0.15, -0.1) is 6.58 Å². The van der Waals surface area contributed by atoms with Crippen LogP contribution in [-0.4, -0.2) is 30.3 Å². The third-order valence-corrected chi connectivity index (χ3v) is 1.73. The van der Waals surface area contributed by atoms with Crippen LogP contribution in [0, 0.1) is 0 Å². The summed E-state index contributed by atoms with van der Waals surface area (Å²) < 4.78 is 9.40. The second-order valence-electron chi connectivity index (χ2n) is 1.17. The minimum absolute atomic E-state index is 0.0728. The minimum atomic E-state index is 0.0728. The third-order valence-electron chi connectivity index (χ3n) is 0.309. The Bertz CT molecular complexity index is 74.9. The van der Waals surface area contributed by atoms with Crippen LogP contribution in [0.3, 0.4) is 0 Å². The SMILES string of the molecule is C=C(C)[Si]O[Si]O[Si]. The lowest BCUT2D eigenvalue weighted by Gasteiger charge is -1.94. The Morgan fingerprint density at radius 1 is 1.75 bits per heavy atom.